The van der Waals surface area contributed by atoms with Gasteiger partial charge in [-0.1, -0.05) is 13.0 Å². The first-order chi connectivity index (χ1) is 11.6. The van der Waals surface area contributed by atoms with Gasteiger partial charge in [-0.05, 0) is 42.9 Å². The lowest BCUT2D eigenvalue weighted by Crippen LogP contribution is -2.34. The number of aromatic nitrogens is 1. The van der Waals surface area contributed by atoms with Crippen molar-refractivity contribution in [2.45, 2.75) is 38.5 Å². The third-order valence-corrected chi connectivity index (χ3v) is 6.41. The summed E-state index contributed by atoms with van der Waals surface area (Å²) in [6.07, 6.45) is 3.89. The van der Waals surface area contributed by atoms with Crippen molar-refractivity contribution in [3.8, 4) is 0 Å². The predicted octanol–water partition coefficient (Wildman–Crippen LogP) is 3.85. The van der Waals surface area contributed by atoms with Gasteiger partial charge >= 0.3 is 0 Å². The molecule has 1 fully saturated rings. The van der Waals surface area contributed by atoms with Crippen molar-refractivity contribution >= 4 is 33.2 Å². The van der Waals surface area contributed by atoms with E-state index >= 15 is 0 Å². The summed E-state index contributed by atoms with van der Waals surface area (Å²) in [5, 5.41) is 1.11. The summed E-state index contributed by atoms with van der Waals surface area (Å²) in [6.45, 7) is 4.03. The van der Waals surface area contributed by atoms with E-state index in [1.54, 1.807) is 11.3 Å². The lowest BCUT2D eigenvalue weighted by atomic mass is 9.96. The molecule has 2 aliphatic rings. The van der Waals surface area contributed by atoms with E-state index in [0.29, 0.717) is 12.3 Å². The van der Waals surface area contributed by atoms with Crippen molar-refractivity contribution in [2.75, 3.05) is 20.1 Å². The van der Waals surface area contributed by atoms with Gasteiger partial charge in [0.2, 0.25) is 5.91 Å². The summed E-state index contributed by atoms with van der Waals surface area (Å²) in [5.74, 6) is 1.21. The van der Waals surface area contributed by atoms with Gasteiger partial charge in [0.25, 0.3) is 0 Å². The topological polar surface area (TPSA) is 45.6 Å². The second kappa shape index (κ2) is 6.28. The minimum atomic E-state index is 0.233. The van der Waals surface area contributed by atoms with Crippen LogP contribution in [0.5, 0.6) is 0 Å². The van der Waals surface area contributed by atoms with Crippen LogP contribution in [-0.4, -0.2) is 41.6 Å². The summed E-state index contributed by atoms with van der Waals surface area (Å²) in [7, 11) is 1.88. The highest BCUT2D eigenvalue weighted by atomic mass is 32.1. The minimum Gasteiger partial charge on any atom is -0.346 e. The number of aliphatic imine (C=N–C) groups is 1. The van der Waals surface area contributed by atoms with Crippen LogP contribution >= 0.6 is 11.3 Å². The zero-order valence-corrected chi connectivity index (χ0v) is 15.1. The molecule has 1 aromatic carbocycles. The van der Waals surface area contributed by atoms with Crippen LogP contribution in [0, 0.1) is 5.92 Å². The lowest BCUT2D eigenvalue weighted by molar-refractivity contribution is -0.132. The fourth-order valence-electron chi connectivity index (χ4n) is 3.51. The maximum absolute atomic E-state index is 12.0. The zero-order chi connectivity index (χ0) is 16.7. The average Bonchev–Trinajstić information content (AvgIpc) is 3.01. The van der Waals surface area contributed by atoms with Crippen molar-refractivity contribution in [2.24, 2.45) is 10.9 Å². The number of carbonyl (C=O) groups is 1. The van der Waals surface area contributed by atoms with Crippen LogP contribution in [0.1, 0.15) is 49.1 Å². The Morgan fingerprint density at radius 2 is 2.17 bits per heavy atom. The van der Waals surface area contributed by atoms with E-state index in [0.717, 1.165) is 36.5 Å². The summed E-state index contributed by atoms with van der Waals surface area (Å²) >= 11 is 1.74. The van der Waals surface area contributed by atoms with Crippen molar-refractivity contribution in [1.29, 1.82) is 0 Å². The molecule has 24 heavy (non-hydrogen) atoms. The van der Waals surface area contributed by atoms with E-state index in [9.17, 15) is 4.79 Å². The Kier molecular flexibility index (Phi) is 4.12. The number of fused-ring (bicyclic) bond motifs is 1. The molecular weight excluding hydrogens is 318 g/mol. The molecular formula is C19H23N3OS. The Morgan fingerprint density at radius 1 is 1.29 bits per heavy atom. The van der Waals surface area contributed by atoms with E-state index in [1.807, 2.05) is 11.9 Å². The zero-order valence-electron chi connectivity index (χ0n) is 14.3. The Bertz CT molecular complexity index is 810. The predicted molar refractivity (Wildman–Crippen MR) is 99.0 cm³/mol. The van der Waals surface area contributed by atoms with Gasteiger partial charge in [0, 0.05) is 38.2 Å². The van der Waals surface area contributed by atoms with Gasteiger partial charge in [0.05, 0.1) is 15.2 Å². The largest absolute Gasteiger partial charge is 0.346 e. The highest BCUT2D eigenvalue weighted by Gasteiger charge is 2.27. The molecule has 5 heteroatoms. The summed E-state index contributed by atoms with van der Waals surface area (Å²) in [5.41, 5.74) is 3.49. The van der Waals surface area contributed by atoms with Crippen molar-refractivity contribution in [3.05, 3.63) is 28.8 Å². The van der Waals surface area contributed by atoms with Gasteiger partial charge in [-0.3, -0.25) is 9.79 Å². The van der Waals surface area contributed by atoms with E-state index in [2.05, 4.69) is 25.1 Å². The number of likely N-dealkylation sites (tertiary alicyclic amines) is 1. The standard InChI is InChI=1S/C19H23N3OS/c1-12-3-5-15(20-11-12)13-4-6-17-16(9-13)21-19(24-17)14-7-8-22(2)18(23)10-14/h4,6,9,12,14H,3,5,7-8,10-11H2,1-2H3/t12-,14?/m0/s1. The van der Waals surface area contributed by atoms with Crippen LogP contribution in [0.4, 0.5) is 0 Å². The summed E-state index contributed by atoms with van der Waals surface area (Å²) < 4.78 is 1.21. The highest BCUT2D eigenvalue weighted by molar-refractivity contribution is 7.18. The van der Waals surface area contributed by atoms with Crippen LogP contribution in [0.15, 0.2) is 23.2 Å². The number of nitrogens with zero attached hydrogens (tertiary/aromatic N) is 3. The van der Waals surface area contributed by atoms with E-state index < -0.39 is 0 Å². The number of hydrogen-bond acceptors (Lipinski definition) is 4. The second-order valence-corrected chi connectivity index (χ2v) is 8.23. The average molecular weight is 341 g/mol. The van der Waals surface area contributed by atoms with E-state index in [4.69, 9.17) is 9.98 Å². The number of benzene rings is 1. The molecule has 1 unspecified atom stereocenters. The molecule has 1 aromatic heterocycles. The van der Waals surface area contributed by atoms with Crippen LogP contribution in [0.2, 0.25) is 0 Å². The maximum Gasteiger partial charge on any atom is 0.223 e. The number of rotatable bonds is 2. The third-order valence-electron chi connectivity index (χ3n) is 5.21. The second-order valence-electron chi connectivity index (χ2n) is 7.17. The van der Waals surface area contributed by atoms with Crippen molar-refractivity contribution < 1.29 is 4.79 Å². The van der Waals surface area contributed by atoms with Gasteiger partial charge in [0.1, 0.15) is 0 Å². The molecule has 2 atom stereocenters. The smallest absolute Gasteiger partial charge is 0.223 e. The van der Waals surface area contributed by atoms with E-state index in [-0.39, 0.29) is 11.8 Å². The van der Waals surface area contributed by atoms with Crippen molar-refractivity contribution in [1.82, 2.24) is 9.88 Å². The molecule has 3 heterocycles. The first-order valence-electron chi connectivity index (χ1n) is 8.78. The molecule has 0 bridgehead atoms. The summed E-state index contributed by atoms with van der Waals surface area (Å²) in [6, 6.07) is 6.53. The Balaban J connectivity index is 1.61. The number of amides is 1. The minimum absolute atomic E-state index is 0.233. The Hall–Kier alpha value is -1.75. The monoisotopic (exact) mass is 341 g/mol. The molecule has 2 aliphatic heterocycles. The molecule has 4 nitrogen and oxygen atoms in total. The molecule has 1 amide bonds. The molecule has 0 spiro atoms. The van der Waals surface area contributed by atoms with Crippen LogP contribution < -0.4 is 0 Å². The SMILES string of the molecule is C[C@H]1CCC(c2ccc3sc(C4CCN(C)C(=O)C4)nc3c2)=NC1. The first-order valence-corrected chi connectivity index (χ1v) is 9.60. The van der Waals surface area contributed by atoms with Crippen molar-refractivity contribution in [3.63, 3.8) is 0 Å². The fourth-order valence-corrected chi connectivity index (χ4v) is 4.59. The van der Waals surface area contributed by atoms with Crippen LogP contribution in [-0.2, 0) is 4.79 Å². The molecule has 2 aromatic rings. The normalized spacial score (nSPS) is 25.2. The van der Waals surface area contributed by atoms with E-state index in [1.165, 1.54) is 22.4 Å². The molecule has 1 saturated heterocycles. The molecule has 4 rings (SSSR count). The number of piperidine rings is 1. The number of carbonyl (C=O) groups excluding carboxylic acids is 1. The third kappa shape index (κ3) is 2.97. The van der Waals surface area contributed by atoms with Gasteiger partial charge < -0.3 is 4.90 Å². The number of hydrogen-bond donors (Lipinski definition) is 0. The van der Waals surface area contributed by atoms with Gasteiger partial charge in [-0.2, -0.15) is 0 Å². The van der Waals surface area contributed by atoms with Crippen LogP contribution in [0.25, 0.3) is 10.2 Å². The van der Waals surface area contributed by atoms with Crippen LogP contribution in [0.3, 0.4) is 0 Å². The first kappa shape index (κ1) is 15.8. The highest BCUT2D eigenvalue weighted by Crippen LogP contribution is 2.34. The van der Waals surface area contributed by atoms with Gasteiger partial charge in [-0.15, -0.1) is 11.3 Å². The molecule has 0 aliphatic carbocycles. The Labute approximate surface area is 146 Å². The molecule has 0 radical (unpaired) electrons. The lowest BCUT2D eigenvalue weighted by Gasteiger charge is -2.27. The molecule has 0 N–H and O–H groups in total. The maximum atomic E-state index is 12.0. The number of thiazole rings is 1. The molecule has 0 saturated carbocycles. The van der Waals surface area contributed by atoms with Gasteiger partial charge in [-0.25, -0.2) is 4.98 Å². The van der Waals surface area contributed by atoms with Gasteiger partial charge in [0.15, 0.2) is 0 Å². The Morgan fingerprint density at radius 3 is 2.92 bits per heavy atom. The quantitative estimate of drug-likeness (QED) is 0.833. The summed E-state index contributed by atoms with van der Waals surface area (Å²) in [4.78, 5) is 23.4. The molecule has 126 valence electrons. The fraction of sp³-hybridized carbons (Fsp3) is 0.526.